The van der Waals surface area contributed by atoms with Gasteiger partial charge in [0.1, 0.15) is 0 Å². The van der Waals surface area contributed by atoms with Gasteiger partial charge in [0.15, 0.2) is 0 Å². The van der Waals surface area contributed by atoms with Crippen LogP contribution in [0.5, 0.6) is 0 Å². The van der Waals surface area contributed by atoms with Gasteiger partial charge in [0.05, 0.1) is 11.6 Å². The highest BCUT2D eigenvalue weighted by molar-refractivity contribution is 5.85. The van der Waals surface area contributed by atoms with Gasteiger partial charge in [-0.25, -0.2) is 0 Å². The van der Waals surface area contributed by atoms with E-state index in [1.165, 1.54) is 0 Å². The van der Waals surface area contributed by atoms with Gasteiger partial charge in [-0.05, 0) is 24.5 Å². The number of rotatable bonds is 4. The summed E-state index contributed by atoms with van der Waals surface area (Å²) in [5.74, 6) is 0. The van der Waals surface area contributed by atoms with Gasteiger partial charge in [-0.1, -0.05) is 18.2 Å². The van der Waals surface area contributed by atoms with E-state index in [1.807, 2.05) is 18.2 Å². The van der Waals surface area contributed by atoms with Crippen LogP contribution in [0.15, 0.2) is 24.3 Å². The van der Waals surface area contributed by atoms with Crippen LogP contribution in [-0.2, 0) is 0 Å². The minimum absolute atomic E-state index is 0. The Kier molecular flexibility index (Phi) is 6.72. The molecule has 4 heteroatoms. The minimum atomic E-state index is -0.155. The molecule has 0 radical (unpaired) electrons. The number of aliphatic hydroxyl groups excluding tert-OH is 1. The number of hydrogen-bond donors (Lipinski definition) is 2. The molecule has 0 spiro atoms. The third-order valence-electron chi connectivity index (χ3n) is 2.15. The Morgan fingerprint density at radius 2 is 2.07 bits per heavy atom. The molecule has 0 aliphatic rings. The van der Waals surface area contributed by atoms with Crippen molar-refractivity contribution >= 4 is 12.4 Å². The molecule has 1 atom stereocenters. The van der Waals surface area contributed by atoms with Gasteiger partial charge in [-0.2, -0.15) is 5.26 Å². The summed E-state index contributed by atoms with van der Waals surface area (Å²) >= 11 is 0. The molecule has 3 N–H and O–H groups in total. The van der Waals surface area contributed by atoms with Crippen molar-refractivity contribution < 1.29 is 5.11 Å². The molecule has 3 nitrogen and oxygen atoms in total. The standard InChI is InChI=1S/C11H14N2O.ClH/c12-8-9-4-1-2-5-10(9)11(13)6-3-7-14;/h1-2,4-5,11,14H,3,6-7,13H2;1H/t11-;/m0./s1. The molecule has 0 heterocycles. The zero-order chi connectivity index (χ0) is 10.4. The fraction of sp³-hybridized carbons (Fsp3) is 0.364. The highest BCUT2D eigenvalue weighted by Gasteiger charge is 2.09. The van der Waals surface area contributed by atoms with E-state index in [-0.39, 0.29) is 25.1 Å². The SMILES string of the molecule is Cl.N#Cc1ccccc1[C@@H](N)CCCO. The second-order valence-electron chi connectivity index (χ2n) is 3.17. The lowest BCUT2D eigenvalue weighted by molar-refractivity contribution is 0.280. The summed E-state index contributed by atoms with van der Waals surface area (Å²) in [5, 5.41) is 17.5. The smallest absolute Gasteiger partial charge is 0.0995 e. The predicted molar refractivity (Wildman–Crippen MR) is 61.7 cm³/mol. The monoisotopic (exact) mass is 226 g/mol. The van der Waals surface area contributed by atoms with E-state index in [1.54, 1.807) is 6.07 Å². The summed E-state index contributed by atoms with van der Waals surface area (Å²) in [4.78, 5) is 0. The molecule has 0 saturated carbocycles. The molecule has 1 aromatic rings. The normalized spacial score (nSPS) is 11.3. The fourth-order valence-corrected chi connectivity index (χ4v) is 1.39. The van der Waals surface area contributed by atoms with Crippen LogP contribution in [0, 0.1) is 11.3 Å². The van der Waals surface area contributed by atoms with Crippen molar-refractivity contribution in [3.8, 4) is 6.07 Å². The number of hydrogen-bond acceptors (Lipinski definition) is 3. The number of nitrogens with zero attached hydrogens (tertiary/aromatic N) is 1. The van der Waals surface area contributed by atoms with Gasteiger partial charge < -0.3 is 10.8 Å². The first-order valence-electron chi connectivity index (χ1n) is 4.65. The van der Waals surface area contributed by atoms with Crippen LogP contribution in [0.2, 0.25) is 0 Å². The van der Waals surface area contributed by atoms with Crippen LogP contribution in [-0.4, -0.2) is 11.7 Å². The van der Waals surface area contributed by atoms with Crippen molar-refractivity contribution in [3.63, 3.8) is 0 Å². The molecule has 1 rings (SSSR count). The Morgan fingerprint density at radius 1 is 1.40 bits per heavy atom. The van der Waals surface area contributed by atoms with Crippen molar-refractivity contribution in [3.05, 3.63) is 35.4 Å². The van der Waals surface area contributed by atoms with Gasteiger partial charge in [-0.3, -0.25) is 0 Å². The first-order valence-corrected chi connectivity index (χ1v) is 4.65. The molecule has 0 saturated heterocycles. The highest BCUT2D eigenvalue weighted by atomic mass is 35.5. The lowest BCUT2D eigenvalue weighted by Gasteiger charge is -2.12. The Bertz CT molecular complexity index is 336. The van der Waals surface area contributed by atoms with Gasteiger partial charge in [0, 0.05) is 12.6 Å². The van der Waals surface area contributed by atoms with E-state index in [0.29, 0.717) is 18.4 Å². The van der Waals surface area contributed by atoms with Crippen LogP contribution in [0.3, 0.4) is 0 Å². The Labute approximate surface area is 95.9 Å². The van der Waals surface area contributed by atoms with E-state index in [4.69, 9.17) is 16.1 Å². The summed E-state index contributed by atoms with van der Waals surface area (Å²) in [7, 11) is 0. The molecule has 0 unspecified atom stereocenters. The lowest BCUT2D eigenvalue weighted by atomic mass is 9.98. The zero-order valence-electron chi connectivity index (χ0n) is 8.39. The predicted octanol–water partition coefficient (Wildman–Crippen LogP) is 1.75. The number of nitrogens with two attached hydrogens (primary N) is 1. The molecular formula is C11H15ClN2O. The maximum Gasteiger partial charge on any atom is 0.0995 e. The topological polar surface area (TPSA) is 70.0 Å². The van der Waals surface area contributed by atoms with Crippen LogP contribution in [0.4, 0.5) is 0 Å². The Morgan fingerprint density at radius 3 is 2.67 bits per heavy atom. The maximum absolute atomic E-state index is 8.84. The molecular weight excluding hydrogens is 212 g/mol. The average molecular weight is 227 g/mol. The van der Waals surface area contributed by atoms with E-state index in [0.717, 1.165) is 5.56 Å². The molecule has 0 bridgehead atoms. The second kappa shape index (κ2) is 7.24. The summed E-state index contributed by atoms with van der Waals surface area (Å²) in [5.41, 5.74) is 7.38. The molecule has 0 aliphatic heterocycles. The van der Waals surface area contributed by atoms with Crippen molar-refractivity contribution in [2.24, 2.45) is 5.73 Å². The summed E-state index contributed by atoms with van der Waals surface area (Å²) in [6, 6.07) is 9.27. The van der Waals surface area contributed by atoms with Gasteiger partial charge >= 0.3 is 0 Å². The number of halogens is 1. The Balaban J connectivity index is 0.00000196. The zero-order valence-corrected chi connectivity index (χ0v) is 9.20. The molecule has 1 aromatic carbocycles. The van der Waals surface area contributed by atoms with E-state index in [9.17, 15) is 0 Å². The molecule has 0 aromatic heterocycles. The lowest BCUT2D eigenvalue weighted by Crippen LogP contribution is -2.12. The first kappa shape index (κ1) is 13.9. The van der Waals surface area contributed by atoms with Crippen LogP contribution >= 0.6 is 12.4 Å². The van der Waals surface area contributed by atoms with Gasteiger partial charge in [0.25, 0.3) is 0 Å². The van der Waals surface area contributed by atoms with Crippen molar-refractivity contribution in [2.75, 3.05) is 6.61 Å². The first-order chi connectivity index (χ1) is 6.79. The quantitative estimate of drug-likeness (QED) is 0.822. The Hall–Kier alpha value is -1.08. The van der Waals surface area contributed by atoms with Crippen molar-refractivity contribution in [1.82, 2.24) is 0 Å². The van der Waals surface area contributed by atoms with E-state index < -0.39 is 0 Å². The highest BCUT2D eigenvalue weighted by Crippen LogP contribution is 2.19. The van der Waals surface area contributed by atoms with E-state index in [2.05, 4.69) is 6.07 Å². The molecule has 0 amide bonds. The molecule has 0 fully saturated rings. The molecule has 82 valence electrons. The largest absolute Gasteiger partial charge is 0.396 e. The van der Waals surface area contributed by atoms with Crippen LogP contribution in [0.1, 0.15) is 30.0 Å². The summed E-state index contributed by atoms with van der Waals surface area (Å²) in [6.45, 7) is 0.141. The van der Waals surface area contributed by atoms with Crippen molar-refractivity contribution in [1.29, 1.82) is 5.26 Å². The van der Waals surface area contributed by atoms with Crippen LogP contribution < -0.4 is 5.73 Å². The minimum Gasteiger partial charge on any atom is -0.396 e. The summed E-state index contributed by atoms with van der Waals surface area (Å²) < 4.78 is 0. The summed E-state index contributed by atoms with van der Waals surface area (Å²) in [6.07, 6.45) is 1.37. The average Bonchev–Trinajstić information content (AvgIpc) is 2.25. The van der Waals surface area contributed by atoms with E-state index >= 15 is 0 Å². The molecule has 15 heavy (non-hydrogen) atoms. The number of aliphatic hydroxyl groups is 1. The molecule has 0 aliphatic carbocycles. The number of benzene rings is 1. The second-order valence-corrected chi connectivity index (χ2v) is 3.17. The van der Waals surface area contributed by atoms with Crippen molar-refractivity contribution in [2.45, 2.75) is 18.9 Å². The van der Waals surface area contributed by atoms with Gasteiger partial charge in [-0.15, -0.1) is 12.4 Å². The fourth-order valence-electron chi connectivity index (χ4n) is 1.39. The number of nitriles is 1. The third-order valence-corrected chi connectivity index (χ3v) is 2.15. The van der Waals surface area contributed by atoms with Gasteiger partial charge in [0.2, 0.25) is 0 Å². The maximum atomic E-state index is 8.84. The van der Waals surface area contributed by atoms with Crippen LogP contribution in [0.25, 0.3) is 0 Å². The third kappa shape index (κ3) is 3.88.